The van der Waals surface area contributed by atoms with Crippen molar-refractivity contribution in [1.29, 1.82) is 0 Å². The minimum atomic E-state index is 0.670. The van der Waals surface area contributed by atoms with E-state index >= 15 is 0 Å². The molecule has 0 N–H and O–H groups in total. The largest absolute Gasteiger partial charge is 0.278 e. The average molecular weight is 602 g/mol. The van der Waals surface area contributed by atoms with Crippen molar-refractivity contribution in [3.63, 3.8) is 0 Å². The molecule has 1 aliphatic rings. The average Bonchev–Trinajstić information content (AvgIpc) is 3.41. The second kappa shape index (κ2) is 10.1. The summed E-state index contributed by atoms with van der Waals surface area (Å²) >= 11 is 8.34. The molecular weight excluding hydrogens is 578 g/mol. The molecule has 8 aromatic rings. The maximum atomic E-state index is 6.53. The van der Waals surface area contributed by atoms with Crippen LogP contribution in [0.5, 0.6) is 0 Å². The van der Waals surface area contributed by atoms with Crippen molar-refractivity contribution in [2.45, 2.75) is 16.2 Å². The molecule has 44 heavy (non-hydrogen) atoms. The van der Waals surface area contributed by atoms with Crippen LogP contribution in [0, 0.1) is 0 Å². The summed E-state index contributed by atoms with van der Waals surface area (Å²) < 4.78 is 2.21. The molecule has 0 aliphatic carbocycles. The Balaban J connectivity index is 1.21. The quantitative estimate of drug-likeness (QED) is 0.202. The molecule has 0 fully saturated rings. The lowest BCUT2D eigenvalue weighted by molar-refractivity contribution is 1.01. The van der Waals surface area contributed by atoms with Crippen molar-refractivity contribution < 1.29 is 0 Å². The van der Waals surface area contributed by atoms with Gasteiger partial charge in [-0.3, -0.25) is 4.57 Å². The highest BCUT2D eigenvalue weighted by atomic mass is 35.5. The van der Waals surface area contributed by atoms with E-state index < -0.39 is 0 Å². The van der Waals surface area contributed by atoms with Gasteiger partial charge in [-0.1, -0.05) is 114 Å². The summed E-state index contributed by atoms with van der Waals surface area (Å²) in [5.74, 6) is 0.670. The lowest BCUT2D eigenvalue weighted by Crippen LogP contribution is -2.03. The van der Waals surface area contributed by atoms with E-state index in [1.807, 2.05) is 42.1 Å². The molecule has 9 rings (SSSR count). The predicted octanol–water partition coefficient (Wildman–Crippen LogP) is 10.8. The van der Waals surface area contributed by atoms with Crippen LogP contribution in [-0.4, -0.2) is 14.5 Å². The Morgan fingerprint density at radius 1 is 0.568 bits per heavy atom. The van der Waals surface area contributed by atoms with Crippen molar-refractivity contribution in [3.8, 4) is 28.3 Å². The van der Waals surface area contributed by atoms with Crippen LogP contribution in [0.4, 0.5) is 0 Å². The zero-order chi connectivity index (χ0) is 29.2. The Hall–Kier alpha value is -4.90. The molecule has 3 nitrogen and oxygen atoms in total. The fraction of sp³-hybridized carbons (Fsp3) is 0.0256. The van der Waals surface area contributed by atoms with Crippen LogP contribution in [0.15, 0.2) is 143 Å². The van der Waals surface area contributed by atoms with Gasteiger partial charge in [-0.15, -0.1) is 0 Å². The smallest absolute Gasteiger partial charge is 0.235 e. The normalized spacial score (nSPS) is 12.5. The van der Waals surface area contributed by atoms with Crippen molar-refractivity contribution in [3.05, 3.63) is 150 Å². The summed E-state index contributed by atoms with van der Waals surface area (Å²) in [6.45, 7) is 0. The van der Waals surface area contributed by atoms with Gasteiger partial charge in [0.2, 0.25) is 5.95 Å². The fourth-order valence-corrected chi connectivity index (χ4v) is 7.88. The Bertz CT molecular complexity index is 2410. The van der Waals surface area contributed by atoms with E-state index in [1.165, 1.54) is 42.8 Å². The number of para-hydroxylation sites is 2. The summed E-state index contributed by atoms with van der Waals surface area (Å²) in [7, 11) is 0. The van der Waals surface area contributed by atoms with E-state index in [0.717, 1.165) is 44.6 Å². The molecule has 0 amide bonds. The van der Waals surface area contributed by atoms with Gasteiger partial charge in [-0.2, -0.15) is 0 Å². The minimum absolute atomic E-state index is 0.670. The molecule has 2 aromatic heterocycles. The Morgan fingerprint density at radius 2 is 1.32 bits per heavy atom. The molecule has 0 unspecified atom stereocenters. The lowest BCUT2D eigenvalue weighted by Gasteiger charge is -2.20. The van der Waals surface area contributed by atoms with Crippen LogP contribution < -0.4 is 0 Å². The fourth-order valence-electron chi connectivity index (χ4n) is 6.44. The number of fused-ring (bicyclic) bond motifs is 6. The minimum Gasteiger partial charge on any atom is -0.278 e. The molecular formula is C39H24ClN3S. The van der Waals surface area contributed by atoms with E-state index in [0.29, 0.717) is 5.95 Å². The third kappa shape index (κ3) is 4.06. The molecule has 3 heterocycles. The van der Waals surface area contributed by atoms with Gasteiger partial charge in [-0.05, 0) is 64.7 Å². The van der Waals surface area contributed by atoms with E-state index in [1.54, 1.807) is 0 Å². The first-order valence-corrected chi connectivity index (χ1v) is 15.8. The Kier molecular flexibility index (Phi) is 5.87. The van der Waals surface area contributed by atoms with Gasteiger partial charge in [0.1, 0.15) is 0 Å². The third-order valence-electron chi connectivity index (χ3n) is 8.57. The van der Waals surface area contributed by atoms with E-state index in [2.05, 4.69) is 108 Å². The molecule has 0 atom stereocenters. The molecule has 0 saturated heterocycles. The topological polar surface area (TPSA) is 30.7 Å². The van der Waals surface area contributed by atoms with Gasteiger partial charge in [0.15, 0.2) is 0 Å². The number of benzene rings is 6. The first-order chi connectivity index (χ1) is 21.7. The van der Waals surface area contributed by atoms with Crippen molar-refractivity contribution >= 4 is 56.1 Å². The van der Waals surface area contributed by atoms with Crippen LogP contribution >= 0.6 is 23.4 Å². The molecule has 0 bridgehead atoms. The Morgan fingerprint density at radius 3 is 2.23 bits per heavy atom. The maximum absolute atomic E-state index is 6.53. The second-order valence-corrected chi connectivity index (χ2v) is 12.6. The van der Waals surface area contributed by atoms with Crippen molar-refractivity contribution in [2.75, 3.05) is 0 Å². The number of nitrogens with zero attached hydrogens (tertiary/aromatic N) is 3. The molecule has 0 radical (unpaired) electrons. The van der Waals surface area contributed by atoms with Gasteiger partial charge >= 0.3 is 0 Å². The third-order valence-corrected chi connectivity index (χ3v) is 10.1. The van der Waals surface area contributed by atoms with Crippen LogP contribution in [-0.2, 0) is 6.42 Å². The number of rotatable bonds is 3. The van der Waals surface area contributed by atoms with E-state index in [9.17, 15) is 0 Å². The number of hydrogen-bond donors (Lipinski definition) is 0. The summed E-state index contributed by atoms with van der Waals surface area (Å²) in [5, 5.41) is 4.25. The lowest BCUT2D eigenvalue weighted by atomic mass is 9.98. The first kappa shape index (κ1) is 25.6. The highest BCUT2D eigenvalue weighted by Crippen LogP contribution is 2.44. The van der Waals surface area contributed by atoms with Gasteiger partial charge in [0.05, 0.1) is 22.2 Å². The molecule has 1 aliphatic heterocycles. The van der Waals surface area contributed by atoms with Crippen LogP contribution in [0.2, 0.25) is 5.02 Å². The van der Waals surface area contributed by atoms with E-state index in [4.69, 9.17) is 21.6 Å². The SMILES string of the molecule is Clc1cccc2c1Cc1ccc(-c3ccc4c(c3)c3ccccc3n4-c3nc(-c4ccccc4)c4ccccc4n3)cc1S2. The highest BCUT2D eigenvalue weighted by molar-refractivity contribution is 7.99. The highest BCUT2D eigenvalue weighted by Gasteiger charge is 2.20. The summed E-state index contributed by atoms with van der Waals surface area (Å²) in [6, 6.07) is 46.9. The number of hydrogen-bond acceptors (Lipinski definition) is 3. The number of halogens is 1. The van der Waals surface area contributed by atoms with Crippen LogP contribution in [0.1, 0.15) is 11.1 Å². The van der Waals surface area contributed by atoms with E-state index in [-0.39, 0.29) is 0 Å². The summed E-state index contributed by atoms with van der Waals surface area (Å²) in [6.07, 6.45) is 0.862. The molecule has 0 saturated carbocycles. The van der Waals surface area contributed by atoms with Crippen molar-refractivity contribution in [1.82, 2.24) is 14.5 Å². The Labute approximate surface area is 263 Å². The molecule has 208 valence electrons. The summed E-state index contributed by atoms with van der Waals surface area (Å²) in [5.41, 5.74) is 10.0. The molecule has 5 heteroatoms. The predicted molar refractivity (Wildman–Crippen MR) is 183 cm³/mol. The number of aromatic nitrogens is 3. The van der Waals surface area contributed by atoms with Crippen molar-refractivity contribution in [2.24, 2.45) is 0 Å². The summed E-state index contributed by atoms with van der Waals surface area (Å²) in [4.78, 5) is 12.8. The first-order valence-electron chi connectivity index (χ1n) is 14.7. The van der Waals surface area contributed by atoms with Gasteiger partial charge in [0, 0.05) is 43.0 Å². The second-order valence-electron chi connectivity index (χ2n) is 11.2. The zero-order valence-corrected chi connectivity index (χ0v) is 25.1. The molecule has 0 spiro atoms. The zero-order valence-electron chi connectivity index (χ0n) is 23.5. The van der Waals surface area contributed by atoms with Crippen LogP contribution in [0.3, 0.4) is 0 Å². The molecule has 6 aromatic carbocycles. The monoisotopic (exact) mass is 601 g/mol. The standard InChI is InChI=1S/C39H24ClN3S/c40-32-13-8-16-36-31(32)22-27-18-17-26(23-37(27)44-36)25-19-20-35-30(21-25)28-11-5-7-15-34(28)43(35)39-41-33-14-6-4-12-29(33)38(42-39)24-9-2-1-3-10-24/h1-21,23H,22H2. The van der Waals surface area contributed by atoms with Gasteiger partial charge in [-0.25, -0.2) is 9.97 Å². The van der Waals surface area contributed by atoms with Crippen LogP contribution in [0.25, 0.3) is 61.0 Å². The van der Waals surface area contributed by atoms with Gasteiger partial charge in [0.25, 0.3) is 0 Å². The maximum Gasteiger partial charge on any atom is 0.235 e. The van der Waals surface area contributed by atoms with Gasteiger partial charge < -0.3 is 0 Å².